The molecule has 2 aromatic carbocycles. The Morgan fingerprint density at radius 2 is 1.81 bits per heavy atom. The van der Waals surface area contributed by atoms with Gasteiger partial charge in [0.15, 0.2) is 0 Å². The summed E-state index contributed by atoms with van der Waals surface area (Å²) in [5, 5.41) is 14.2. The number of halogens is 2. The molecule has 26 heavy (non-hydrogen) atoms. The summed E-state index contributed by atoms with van der Waals surface area (Å²) in [5.41, 5.74) is 3.71. The summed E-state index contributed by atoms with van der Waals surface area (Å²) >= 11 is 12.8. The van der Waals surface area contributed by atoms with Crippen molar-refractivity contribution in [2.24, 2.45) is 17.8 Å². The number of hydrogen-bond donors (Lipinski definition) is 2. The first-order valence-corrected chi connectivity index (χ1v) is 9.87. The Bertz CT molecular complexity index is 896. The van der Waals surface area contributed by atoms with Crippen LogP contribution in [-0.4, -0.2) is 11.1 Å². The molecule has 2 aliphatic carbocycles. The van der Waals surface area contributed by atoms with Gasteiger partial charge >= 0.3 is 5.97 Å². The van der Waals surface area contributed by atoms with E-state index in [4.69, 9.17) is 28.3 Å². The van der Waals surface area contributed by atoms with E-state index in [1.807, 2.05) is 12.1 Å². The highest BCUT2D eigenvalue weighted by molar-refractivity contribution is 6.36. The van der Waals surface area contributed by atoms with Crippen LogP contribution >= 0.6 is 23.2 Å². The Labute approximate surface area is 162 Å². The Kier molecular flexibility index (Phi) is 3.74. The lowest BCUT2D eigenvalue weighted by Crippen LogP contribution is -2.35. The zero-order valence-electron chi connectivity index (χ0n) is 14.1. The number of carboxylic acids is 1. The second-order valence-electron chi connectivity index (χ2n) is 7.84. The van der Waals surface area contributed by atoms with Crippen LogP contribution in [0.15, 0.2) is 36.4 Å². The molecule has 2 bridgehead atoms. The maximum absolute atomic E-state index is 11.2. The smallest absolute Gasteiger partial charge is 0.335 e. The minimum absolute atomic E-state index is 0.157. The maximum Gasteiger partial charge on any atom is 0.335 e. The van der Waals surface area contributed by atoms with Crippen molar-refractivity contribution in [3.8, 4) is 0 Å². The van der Waals surface area contributed by atoms with E-state index < -0.39 is 5.97 Å². The molecule has 5 rings (SSSR count). The first kappa shape index (κ1) is 16.5. The van der Waals surface area contributed by atoms with Gasteiger partial charge in [0.1, 0.15) is 0 Å². The summed E-state index contributed by atoms with van der Waals surface area (Å²) in [5.74, 6) is 1.49. The molecule has 5 heteroatoms. The summed E-state index contributed by atoms with van der Waals surface area (Å²) in [4.78, 5) is 11.2. The summed E-state index contributed by atoms with van der Waals surface area (Å²) in [6, 6.07) is 11.3. The monoisotopic (exact) mass is 387 g/mol. The standard InChI is InChI=1S/C21H19Cl2NO2/c22-14-8-15-17-12-5-6-13(7-12)18(17)19(24-20(15)16(23)9-14)10-1-3-11(4-2-10)21(25)26/h1-4,8-9,12-13,17-19,24H,5-7H2,(H,25,26). The van der Waals surface area contributed by atoms with Crippen molar-refractivity contribution in [3.63, 3.8) is 0 Å². The third-order valence-corrected chi connectivity index (χ3v) is 7.14. The first-order valence-electron chi connectivity index (χ1n) is 9.11. The van der Waals surface area contributed by atoms with Gasteiger partial charge in [0.25, 0.3) is 0 Å². The average molecular weight is 388 g/mol. The normalized spacial score (nSPS) is 31.2. The number of carbonyl (C=O) groups is 1. The largest absolute Gasteiger partial charge is 0.478 e. The van der Waals surface area contributed by atoms with E-state index in [-0.39, 0.29) is 6.04 Å². The minimum Gasteiger partial charge on any atom is -0.478 e. The number of rotatable bonds is 2. The second kappa shape index (κ2) is 5.90. The number of nitrogens with one attached hydrogen (secondary N) is 1. The third kappa shape index (κ3) is 2.37. The van der Waals surface area contributed by atoms with Crippen molar-refractivity contribution in [2.75, 3.05) is 5.32 Å². The molecule has 0 spiro atoms. The van der Waals surface area contributed by atoms with Crippen LogP contribution in [0.3, 0.4) is 0 Å². The van der Waals surface area contributed by atoms with Crippen LogP contribution < -0.4 is 5.32 Å². The van der Waals surface area contributed by atoms with Crippen LogP contribution in [0.5, 0.6) is 0 Å². The Morgan fingerprint density at radius 3 is 2.54 bits per heavy atom. The van der Waals surface area contributed by atoms with Crippen molar-refractivity contribution in [1.29, 1.82) is 0 Å². The van der Waals surface area contributed by atoms with Crippen LogP contribution in [0.25, 0.3) is 0 Å². The lowest BCUT2D eigenvalue weighted by atomic mass is 9.68. The highest BCUT2D eigenvalue weighted by Gasteiger charge is 2.54. The Morgan fingerprint density at radius 1 is 1.08 bits per heavy atom. The number of hydrogen-bond acceptors (Lipinski definition) is 2. The molecule has 134 valence electrons. The Hall–Kier alpha value is -1.71. The molecular formula is C21H19Cl2NO2. The molecule has 2 saturated carbocycles. The van der Waals surface area contributed by atoms with Gasteiger partial charge in [0.2, 0.25) is 0 Å². The number of fused-ring (bicyclic) bond motifs is 7. The van der Waals surface area contributed by atoms with E-state index in [1.165, 1.54) is 24.8 Å². The van der Waals surface area contributed by atoms with Gasteiger partial charge in [-0.2, -0.15) is 0 Å². The predicted octanol–water partition coefficient (Wildman–Crippen LogP) is 5.99. The van der Waals surface area contributed by atoms with E-state index >= 15 is 0 Å². The highest BCUT2D eigenvalue weighted by atomic mass is 35.5. The molecule has 2 aromatic rings. The van der Waals surface area contributed by atoms with Crippen LogP contribution in [0, 0.1) is 17.8 Å². The van der Waals surface area contributed by atoms with Crippen LogP contribution in [0.1, 0.15) is 52.7 Å². The summed E-state index contributed by atoms with van der Waals surface area (Å²) in [6.45, 7) is 0. The molecule has 1 aliphatic heterocycles. The summed E-state index contributed by atoms with van der Waals surface area (Å²) in [6.07, 6.45) is 3.82. The molecule has 3 nitrogen and oxygen atoms in total. The molecule has 5 atom stereocenters. The highest BCUT2D eigenvalue weighted by Crippen LogP contribution is 2.64. The van der Waals surface area contributed by atoms with Crippen molar-refractivity contribution in [2.45, 2.75) is 31.2 Å². The third-order valence-electron chi connectivity index (χ3n) is 6.63. The fourth-order valence-electron chi connectivity index (χ4n) is 5.68. The number of benzene rings is 2. The molecule has 2 fully saturated rings. The predicted molar refractivity (Wildman–Crippen MR) is 103 cm³/mol. The van der Waals surface area contributed by atoms with Crippen molar-refractivity contribution >= 4 is 34.9 Å². The second-order valence-corrected chi connectivity index (χ2v) is 8.68. The molecule has 2 N–H and O–H groups in total. The van der Waals surface area contributed by atoms with Gasteiger partial charge in [-0.25, -0.2) is 4.79 Å². The van der Waals surface area contributed by atoms with Gasteiger partial charge in [-0.05, 0) is 78.3 Å². The van der Waals surface area contributed by atoms with Crippen LogP contribution in [-0.2, 0) is 0 Å². The van der Waals surface area contributed by atoms with Crippen molar-refractivity contribution in [3.05, 3.63) is 63.1 Å². The molecule has 0 aromatic heterocycles. The van der Waals surface area contributed by atoms with Crippen molar-refractivity contribution < 1.29 is 9.90 Å². The average Bonchev–Trinajstić information content (AvgIpc) is 3.23. The summed E-state index contributed by atoms with van der Waals surface area (Å²) in [7, 11) is 0. The van der Waals surface area contributed by atoms with Crippen LogP contribution in [0.2, 0.25) is 10.0 Å². The molecule has 3 aliphatic rings. The SMILES string of the molecule is O=C(O)c1ccc(C2Nc3c(Cl)cc(Cl)cc3C3C4CCC(C4)C23)cc1. The number of aromatic carboxylic acids is 1. The maximum atomic E-state index is 11.2. The van der Waals surface area contributed by atoms with Gasteiger partial charge in [-0.15, -0.1) is 0 Å². The minimum atomic E-state index is -0.894. The van der Waals surface area contributed by atoms with E-state index in [0.717, 1.165) is 11.3 Å². The van der Waals surface area contributed by atoms with E-state index in [0.29, 0.717) is 39.3 Å². The molecule has 1 heterocycles. The van der Waals surface area contributed by atoms with Gasteiger partial charge in [0.05, 0.1) is 22.3 Å². The van der Waals surface area contributed by atoms with E-state index in [1.54, 1.807) is 18.2 Å². The van der Waals surface area contributed by atoms with E-state index in [9.17, 15) is 4.79 Å². The quantitative estimate of drug-likeness (QED) is 0.665. The molecule has 5 unspecified atom stereocenters. The van der Waals surface area contributed by atoms with E-state index in [2.05, 4.69) is 11.4 Å². The molecule has 0 amide bonds. The Balaban J connectivity index is 1.61. The number of carboxylic acid groups (broad SMARTS) is 1. The molecule has 0 radical (unpaired) electrons. The topological polar surface area (TPSA) is 49.3 Å². The fourth-order valence-corrected chi connectivity index (χ4v) is 6.24. The molecular weight excluding hydrogens is 369 g/mol. The first-order chi connectivity index (χ1) is 12.5. The fraction of sp³-hybridized carbons (Fsp3) is 0.381. The van der Waals surface area contributed by atoms with Crippen LogP contribution in [0.4, 0.5) is 5.69 Å². The number of anilines is 1. The van der Waals surface area contributed by atoms with Gasteiger partial charge < -0.3 is 10.4 Å². The zero-order valence-corrected chi connectivity index (χ0v) is 15.6. The lowest BCUT2D eigenvalue weighted by molar-refractivity contribution is 0.0697. The lowest BCUT2D eigenvalue weighted by Gasteiger charge is -2.44. The van der Waals surface area contributed by atoms with Gasteiger partial charge in [-0.1, -0.05) is 35.3 Å². The molecule has 0 saturated heterocycles. The van der Waals surface area contributed by atoms with Crippen molar-refractivity contribution in [1.82, 2.24) is 0 Å². The zero-order chi connectivity index (χ0) is 18.0. The van der Waals surface area contributed by atoms with Gasteiger partial charge in [0, 0.05) is 5.02 Å². The van der Waals surface area contributed by atoms with Gasteiger partial charge in [-0.3, -0.25) is 0 Å². The summed E-state index contributed by atoms with van der Waals surface area (Å²) < 4.78 is 0.